The van der Waals surface area contributed by atoms with Crippen molar-refractivity contribution in [1.29, 1.82) is 0 Å². The number of aromatic nitrogens is 3. The maximum Gasteiger partial charge on any atom is 0.295 e. The van der Waals surface area contributed by atoms with Crippen LogP contribution in [-0.2, 0) is 0 Å². The summed E-state index contributed by atoms with van der Waals surface area (Å²) in [5, 5.41) is 6.94. The highest BCUT2D eigenvalue weighted by Crippen LogP contribution is 2.24. The van der Waals surface area contributed by atoms with Crippen molar-refractivity contribution < 1.29 is 13.6 Å². The van der Waals surface area contributed by atoms with E-state index in [0.717, 1.165) is 10.0 Å². The van der Waals surface area contributed by atoms with Gasteiger partial charge < -0.3 is 5.32 Å². The number of carbonyl (C=O) groups is 1. The molecule has 3 aromatic carbocycles. The van der Waals surface area contributed by atoms with Crippen LogP contribution < -0.4 is 5.32 Å². The molecule has 144 valence electrons. The molecular weight excluding hydrogens is 442 g/mol. The van der Waals surface area contributed by atoms with Crippen LogP contribution in [0.5, 0.6) is 0 Å². The van der Waals surface area contributed by atoms with Gasteiger partial charge in [0.05, 0.1) is 5.69 Å². The molecular formula is C21H13BrF2N4O. The monoisotopic (exact) mass is 454 g/mol. The summed E-state index contributed by atoms with van der Waals surface area (Å²) < 4.78 is 28.8. The Hall–Kier alpha value is -3.39. The van der Waals surface area contributed by atoms with Crippen LogP contribution in [0.4, 0.5) is 14.5 Å². The van der Waals surface area contributed by atoms with Crippen LogP contribution in [0.2, 0.25) is 0 Å². The summed E-state index contributed by atoms with van der Waals surface area (Å²) in [5.74, 6) is -0.978. The first-order chi connectivity index (χ1) is 14.0. The normalized spacial score (nSPS) is 10.7. The van der Waals surface area contributed by atoms with Gasteiger partial charge >= 0.3 is 0 Å². The van der Waals surface area contributed by atoms with Crippen LogP contribution in [-0.4, -0.2) is 20.7 Å². The van der Waals surface area contributed by atoms with E-state index in [1.165, 1.54) is 41.1 Å². The standard InChI is InChI=1S/C21H13BrF2N4O/c22-14-3-1-13(2-4-14)20-26-19(21(29)25-17-9-5-15(23)6-10-17)27-28(20)18-11-7-16(24)8-12-18/h1-12H,(H,25,29). The van der Waals surface area contributed by atoms with Crippen LogP contribution >= 0.6 is 15.9 Å². The molecule has 4 rings (SSSR count). The van der Waals surface area contributed by atoms with Gasteiger partial charge in [0.2, 0.25) is 5.82 Å². The van der Waals surface area contributed by atoms with E-state index in [0.29, 0.717) is 17.2 Å². The van der Waals surface area contributed by atoms with E-state index in [2.05, 4.69) is 31.3 Å². The van der Waals surface area contributed by atoms with Gasteiger partial charge in [0.25, 0.3) is 5.91 Å². The van der Waals surface area contributed by atoms with Crippen molar-refractivity contribution in [1.82, 2.24) is 14.8 Å². The van der Waals surface area contributed by atoms with Crippen molar-refractivity contribution in [3.8, 4) is 17.1 Å². The Morgan fingerprint density at radius 3 is 2.07 bits per heavy atom. The summed E-state index contributed by atoms with van der Waals surface area (Å²) in [5.41, 5.74) is 1.70. The average molecular weight is 455 g/mol. The summed E-state index contributed by atoms with van der Waals surface area (Å²) in [6.45, 7) is 0. The van der Waals surface area contributed by atoms with Crippen molar-refractivity contribution >= 4 is 27.5 Å². The number of nitrogens with one attached hydrogen (secondary N) is 1. The van der Waals surface area contributed by atoms with Gasteiger partial charge in [-0.2, -0.15) is 0 Å². The predicted octanol–water partition coefficient (Wildman–Crippen LogP) is 5.23. The van der Waals surface area contributed by atoms with Crippen molar-refractivity contribution in [3.63, 3.8) is 0 Å². The number of benzene rings is 3. The minimum absolute atomic E-state index is 0.0726. The molecule has 1 N–H and O–H groups in total. The molecule has 0 aliphatic carbocycles. The molecule has 0 saturated carbocycles. The van der Waals surface area contributed by atoms with Crippen LogP contribution in [0.15, 0.2) is 77.3 Å². The molecule has 5 nitrogen and oxygen atoms in total. The fourth-order valence-electron chi connectivity index (χ4n) is 2.68. The smallest absolute Gasteiger partial charge is 0.295 e. The molecule has 0 unspecified atom stereocenters. The first-order valence-electron chi connectivity index (χ1n) is 8.55. The van der Waals surface area contributed by atoms with E-state index in [4.69, 9.17) is 0 Å². The Balaban J connectivity index is 1.74. The molecule has 4 aromatic rings. The van der Waals surface area contributed by atoms with Crippen LogP contribution in [0.3, 0.4) is 0 Å². The van der Waals surface area contributed by atoms with Gasteiger partial charge in [0.1, 0.15) is 11.6 Å². The predicted molar refractivity (Wildman–Crippen MR) is 109 cm³/mol. The second kappa shape index (κ2) is 7.92. The van der Waals surface area contributed by atoms with Gasteiger partial charge in [-0.3, -0.25) is 4.79 Å². The lowest BCUT2D eigenvalue weighted by molar-refractivity contribution is 0.101. The Bertz CT molecular complexity index is 1090. The Morgan fingerprint density at radius 1 is 0.862 bits per heavy atom. The molecule has 0 fully saturated rings. The fraction of sp³-hybridized carbons (Fsp3) is 0. The molecule has 0 aliphatic rings. The topological polar surface area (TPSA) is 59.8 Å². The Labute approximate surface area is 173 Å². The van der Waals surface area contributed by atoms with Gasteiger partial charge in [-0.05, 0) is 60.7 Å². The summed E-state index contributed by atoms with van der Waals surface area (Å²) >= 11 is 3.38. The average Bonchev–Trinajstić information content (AvgIpc) is 3.16. The highest BCUT2D eigenvalue weighted by atomic mass is 79.9. The van der Waals surface area contributed by atoms with Crippen molar-refractivity contribution in [3.05, 3.63) is 94.7 Å². The molecule has 0 saturated heterocycles. The highest BCUT2D eigenvalue weighted by Gasteiger charge is 2.19. The molecule has 0 aliphatic heterocycles. The third kappa shape index (κ3) is 4.22. The molecule has 0 atom stereocenters. The minimum atomic E-state index is -0.546. The van der Waals surface area contributed by atoms with E-state index in [-0.39, 0.29) is 11.6 Å². The van der Waals surface area contributed by atoms with Crippen molar-refractivity contribution in [2.45, 2.75) is 0 Å². The maximum atomic E-state index is 13.3. The maximum absolute atomic E-state index is 13.3. The lowest BCUT2D eigenvalue weighted by atomic mass is 10.2. The van der Waals surface area contributed by atoms with Crippen molar-refractivity contribution in [2.24, 2.45) is 0 Å². The number of hydrogen-bond acceptors (Lipinski definition) is 3. The fourth-order valence-corrected chi connectivity index (χ4v) is 2.94. The number of carbonyl (C=O) groups excluding carboxylic acids is 1. The zero-order valence-corrected chi connectivity index (χ0v) is 16.4. The molecule has 0 radical (unpaired) electrons. The molecule has 0 spiro atoms. The lowest BCUT2D eigenvalue weighted by Crippen LogP contribution is -2.14. The molecule has 1 aromatic heterocycles. The SMILES string of the molecule is O=C(Nc1ccc(F)cc1)c1nc(-c2ccc(Br)cc2)n(-c2ccc(F)cc2)n1. The summed E-state index contributed by atoms with van der Waals surface area (Å²) in [6, 6.07) is 18.4. The van der Waals surface area contributed by atoms with Crippen LogP contribution in [0.1, 0.15) is 10.6 Å². The van der Waals surface area contributed by atoms with Gasteiger partial charge in [0, 0.05) is 15.7 Å². The number of amides is 1. The van der Waals surface area contributed by atoms with Gasteiger partial charge in [-0.1, -0.05) is 28.1 Å². The second-order valence-corrected chi connectivity index (χ2v) is 7.03. The van der Waals surface area contributed by atoms with Gasteiger partial charge in [0.15, 0.2) is 5.82 Å². The molecule has 29 heavy (non-hydrogen) atoms. The number of rotatable bonds is 4. The Kier molecular flexibility index (Phi) is 5.18. The second-order valence-electron chi connectivity index (χ2n) is 6.12. The Morgan fingerprint density at radius 2 is 1.45 bits per heavy atom. The number of nitrogens with zero attached hydrogens (tertiary/aromatic N) is 3. The largest absolute Gasteiger partial charge is 0.319 e. The van der Waals surface area contributed by atoms with Crippen LogP contribution in [0, 0.1) is 11.6 Å². The first kappa shape index (κ1) is 18.9. The lowest BCUT2D eigenvalue weighted by Gasteiger charge is -2.06. The summed E-state index contributed by atoms with van der Waals surface area (Å²) in [6.07, 6.45) is 0. The highest BCUT2D eigenvalue weighted by molar-refractivity contribution is 9.10. The molecule has 1 amide bonds. The van der Waals surface area contributed by atoms with E-state index >= 15 is 0 Å². The van der Waals surface area contributed by atoms with Crippen molar-refractivity contribution in [2.75, 3.05) is 5.32 Å². The molecule has 0 bridgehead atoms. The zero-order valence-electron chi connectivity index (χ0n) is 14.8. The first-order valence-corrected chi connectivity index (χ1v) is 9.35. The summed E-state index contributed by atoms with van der Waals surface area (Å²) in [4.78, 5) is 17.0. The van der Waals surface area contributed by atoms with E-state index in [1.807, 2.05) is 24.3 Å². The van der Waals surface area contributed by atoms with E-state index in [9.17, 15) is 13.6 Å². The number of halogens is 3. The minimum Gasteiger partial charge on any atom is -0.319 e. The van der Waals surface area contributed by atoms with E-state index < -0.39 is 11.7 Å². The third-order valence-electron chi connectivity index (χ3n) is 4.09. The summed E-state index contributed by atoms with van der Waals surface area (Å²) in [7, 11) is 0. The van der Waals surface area contributed by atoms with Gasteiger partial charge in [-0.15, -0.1) is 5.10 Å². The van der Waals surface area contributed by atoms with Crippen LogP contribution in [0.25, 0.3) is 17.1 Å². The quantitative estimate of drug-likeness (QED) is 0.459. The van der Waals surface area contributed by atoms with Gasteiger partial charge in [-0.25, -0.2) is 18.4 Å². The zero-order chi connectivity index (χ0) is 20.4. The number of anilines is 1. The number of hydrogen-bond donors (Lipinski definition) is 1. The third-order valence-corrected chi connectivity index (χ3v) is 4.61. The molecule has 8 heteroatoms. The van der Waals surface area contributed by atoms with E-state index in [1.54, 1.807) is 12.1 Å². The molecule has 1 heterocycles.